The van der Waals surface area contributed by atoms with Crippen molar-refractivity contribution < 1.29 is 19.1 Å². The molecule has 7 nitrogen and oxygen atoms in total. The maximum atomic E-state index is 12.6. The lowest BCUT2D eigenvalue weighted by Gasteiger charge is -2.20. The lowest BCUT2D eigenvalue weighted by Crippen LogP contribution is -2.47. The first-order chi connectivity index (χ1) is 13.9. The van der Waals surface area contributed by atoms with Gasteiger partial charge in [-0.25, -0.2) is 0 Å². The molecule has 0 bridgehead atoms. The smallest absolute Gasteiger partial charge is 0.242 e. The van der Waals surface area contributed by atoms with Crippen molar-refractivity contribution in [1.29, 1.82) is 0 Å². The van der Waals surface area contributed by atoms with Crippen LogP contribution >= 0.6 is 0 Å². The van der Waals surface area contributed by atoms with Gasteiger partial charge in [-0.05, 0) is 41.7 Å². The van der Waals surface area contributed by atoms with Crippen LogP contribution in [0.5, 0.6) is 11.5 Å². The number of hydrogen-bond donors (Lipinski definition) is 2. The van der Waals surface area contributed by atoms with E-state index < -0.39 is 6.04 Å². The first kappa shape index (κ1) is 22.2. The van der Waals surface area contributed by atoms with Crippen LogP contribution in [-0.2, 0) is 22.6 Å². The predicted molar refractivity (Wildman–Crippen MR) is 111 cm³/mol. The molecule has 1 aromatic carbocycles. The summed E-state index contributed by atoms with van der Waals surface area (Å²) in [6, 6.07) is 8.44. The van der Waals surface area contributed by atoms with Crippen LogP contribution in [-0.4, -0.2) is 37.1 Å². The normalized spacial score (nSPS) is 11.6. The fourth-order valence-electron chi connectivity index (χ4n) is 2.94. The number of aromatic nitrogens is 1. The Bertz CT molecular complexity index is 809. The summed E-state index contributed by atoms with van der Waals surface area (Å²) >= 11 is 0. The van der Waals surface area contributed by atoms with E-state index in [1.807, 2.05) is 26.0 Å². The molecule has 0 radical (unpaired) electrons. The van der Waals surface area contributed by atoms with E-state index in [0.717, 1.165) is 11.1 Å². The summed E-state index contributed by atoms with van der Waals surface area (Å²) in [4.78, 5) is 29.2. The van der Waals surface area contributed by atoms with Crippen LogP contribution in [0.4, 0.5) is 0 Å². The second-order valence-corrected chi connectivity index (χ2v) is 7.19. The summed E-state index contributed by atoms with van der Waals surface area (Å²) < 4.78 is 10.5. The maximum absolute atomic E-state index is 12.6. The second-order valence-electron chi connectivity index (χ2n) is 7.19. The van der Waals surface area contributed by atoms with Gasteiger partial charge in [-0.15, -0.1) is 0 Å². The van der Waals surface area contributed by atoms with Gasteiger partial charge in [0.2, 0.25) is 11.8 Å². The van der Waals surface area contributed by atoms with E-state index in [1.54, 1.807) is 44.8 Å². The Kier molecular flexibility index (Phi) is 8.45. The first-order valence-electron chi connectivity index (χ1n) is 9.59. The number of rotatable bonds is 10. The van der Waals surface area contributed by atoms with Crippen LogP contribution in [0.2, 0.25) is 0 Å². The van der Waals surface area contributed by atoms with Gasteiger partial charge in [0.05, 0.1) is 20.6 Å². The SMILES string of the molecule is COc1ccc(CC(=O)N[C@@H](CC(C)C)C(=O)NCc2cccnc2)cc1OC. The Balaban J connectivity index is 1.99. The fraction of sp³-hybridized carbons (Fsp3) is 0.409. The summed E-state index contributed by atoms with van der Waals surface area (Å²) in [5.41, 5.74) is 1.68. The van der Waals surface area contributed by atoms with E-state index in [9.17, 15) is 9.59 Å². The number of methoxy groups -OCH3 is 2. The molecule has 2 amide bonds. The molecule has 0 saturated carbocycles. The van der Waals surface area contributed by atoms with Gasteiger partial charge in [0, 0.05) is 18.9 Å². The largest absolute Gasteiger partial charge is 0.493 e. The van der Waals surface area contributed by atoms with Crippen LogP contribution in [0.1, 0.15) is 31.4 Å². The van der Waals surface area contributed by atoms with Crippen LogP contribution in [0.25, 0.3) is 0 Å². The number of nitrogens with one attached hydrogen (secondary N) is 2. The topological polar surface area (TPSA) is 89.5 Å². The van der Waals surface area contributed by atoms with E-state index in [-0.39, 0.29) is 24.2 Å². The summed E-state index contributed by atoms with van der Waals surface area (Å²) in [6.45, 7) is 4.40. The molecule has 1 heterocycles. The minimum absolute atomic E-state index is 0.144. The number of pyridine rings is 1. The molecule has 2 N–H and O–H groups in total. The second kappa shape index (κ2) is 11.0. The summed E-state index contributed by atoms with van der Waals surface area (Å²) in [6.07, 6.45) is 4.08. The van der Waals surface area contributed by atoms with E-state index in [0.29, 0.717) is 24.5 Å². The Labute approximate surface area is 171 Å². The number of nitrogens with zero attached hydrogens (tertiary/aromatic N) is 1. The zero-order valence-corrected chi connectivity index (χ0v) is 17.4. The van der Waals surface area contributed by atoms with Crippen LogP contribution < -0.4 is 20.1 Å². The molecule has 1 atom stereocenters. The van der Waals surface area contributed by atoms with Gasteiger partial charge in [-0.2, -0.15) is 0 Å². The van der Waals surface area contributed by atoms with Crippen molar-refractivity contribution in [3.8, 4) is 11.5 Å². The number of carbonyl (C=O) groups is 2. The van der Waals surface area contributed by atoms with Crippen molar-refractivity contribution in [1.82, 2.24) is 15.6 Å². The third kappa shape index (κ3) is 7.10. The number of hydrogen-bond acceptors (Lipinski definition) is 5. The summed E-state index contributed by atoms with van der Waals surface area (Å²) in [7, 11) is 3.11. The molecule has 0 fully saturated rings. The van der Waals surface area contributed by atoms with Crippen LogP contribution in [0.15, 0.2) is 42.7 Å². The minimum atomic E-state index is -0.598. The van der Waals surface area contributed by atoms with Gasteiger partial charge < -0.3 is 20.1 Å². The molecule has 29 heavy (non-hydrogen) atoms. The molecular weight excluding hydrogens is 370 g/mol. The molecule has 156 valence electrons. The monoisotopic (exact) mass is 399 g/mol. The molecule has 7 heteroatoms. The molecule has 1 aromatic heterocycles. The molecule has 0 saturated heterocycles. The third-order valence-corrected chi connectivity index (χ3v) is 4.36. The Morgan fingerprint density at radius 2 is 1.83 bits per heavy atom. The van der Waals surface area contributed by atoms with E-state index in [2.05, 4.69) is 15.6 Å². The van der Waals surface area contributed by atoms with E-state index in [4.69, 9.17) is 9.47 Å². The van der Waals surface area contributed by atoms with Gasteiger partial charge in [0.15, 0.2) is 11.5 Å². The highest BCUT2D eigenvalue weighted by Gasteiger charge is 2.22. The molecule has 0 aliphatic rings. The molecule has 2 rings (SSSR count). The third-order valence-electron chi connectivity index (χ3n) is 4.36. The zero-order chi connectivity index (χ0) is 21.2. The van der Waals surface area contributed by atoms with Crippen molar-refractivity contribution in [3.05, 3.63) is 53.9 Å². The molecule has 2 aromatic rings. The molecule has 0 unspecified atom stereocenters. The van der Waals surface area contributed by atoms with Gasteiger partial charge in [0.25, 0.3) is 0 Å². The van der Waals surface area contributed by atoms with Gasteiger partial charge in [-0.3, -0.25) is 14.6 Å². The van der Waals surface area contributed by atoms with Gasteiger partial charge in [0.1, 0.15) is 6.04 Å². The quantitative estimate of drug-likeness (QED) is 0.641. The molecule has 0 spiro atoms. The molecule has 0 aliphatic carbocycles. The average molecular weight is 399 g/mol. The lowest BCUT2D eigenvalue weighted by atomic mass is 10.0. The first-order valence-corrected chi connectivity index (χ1v) is 9.59. The molecule has 0 aliphatic heterocycles. The highest BCUT2D eigenvalue weighted by atomic mass is 16.5. The highest BCUT2D eigenvalue weighted by molar-refractivity contribution is 5.88. The van der Waals surface area contributed by atoms with Crippen molar-refractivity contribution >= 4 is 11.8 Å². The van der Waals surface area contributed by atoms with E-state index in [1.165, 1.54) is 0 Å². The van der Waals surface area contributed by atoms with Crippen molar-refractivity contribution in [2.75, 3.05) is 14.2 Å². The summed E-state index contributed by atoms with van der Waals surface area (Å²) in [5.74, 6) is 0.989. The van der Waals surface area contributed by atoms with Crippen LogP contribution in [0, 0.1) is 5.92 Å². The van der Waals surface area contributed by atoms with Gasteiger partial charge in [-0.1, -0.05) is 26.0 Å². The number of ether oxygens (including phenoxy) is 2. The maximum Gasteiger partial charge on any atom is 0.242 e. The Morgan fingerprint density at radius 3 is 2.45 bits per heavy atom. The predicted octanol–water partition coefficient (Wildman–Crippen LogP) is 2.49. The van der Waals surface area contributed by atoms with Crippen molar-refractivity contribution in [2.24, 2.45) is 5.92 Å². The van der Waals surface area contributed by atoms with Crippen molar-refractivity contribution in [3.63, 3.8) is 0 Å². The number of benzene rings is 1. The summed E-state index contributed by atoms with van der Waals surface area (Å²) in [5, 5.41) is 5.74. The fourth-order valence-corrected chi connectivity index (χ4v) is 2.94. The van der Waals surface area contributed by atoms with Crippen LogP contribution in [0.3, 0.4) is 0 Å². The molecular formula is C22H29N3O4. The average Bonchev–Trinajstić information content (AvgIpc) is 2.71. The Hall–Kier alpha value is -3.09. The lowest BCUT2D eigenvalue weighted by molar-refractivity contribution is -0.129. The standard InChI is InChI=1S/C22H29N3O4/c1-15(2)10-18(22(27)24-14-17-6-5-9-23-13-17)25-21(26)12-16-7-8-19(28-3)20(11-16)29-4/h5-9,11,13,15,18H,10,12,14H2,1-4H3,(H,24,27)(H,25,26)/t18-/m0/s1. The number of carbonyl (C=O) groups excluding carboxylic acids is 2. The number of amides is 2. The van der Waals surface area contributed by atoms with Crippen molar-refractivity contribution in [2.45, 2.75) is 39.3 Å². The highest BCUT2D eigenvalue weighted by Crippen LogP contribution is 2.27. The minimum Gasteiger partial charge on any atom is -0.493 e. The van der Waals surface area contributed by atoms with E-state index >= 15 is 0 Å². The zero-order valence-electron chi connectivity index (χ0n) is 17.4. The Morgan fingerprint density at radius 1 is 1.07 bits per heavy atom. The van der Waals surface area contributed by atoms with Gasteiger partial charge >= 0.3 is 0 Å².